The van der Waals surface area contributed by atoms with Crippen molar-refractivity contribution in [3.05, 3.63) is 0 Å². The molecule has 0 N–H and O–H groups in total. The Morgan fingerprint density at radius 1 is 0.857 bits per heavy atom. The predicted octanol–water partition coefficient (Wildman–Crippen LogP) is 3.11. The summed E-state index contributed by atoms with van der Waals surface area (Å²) in [5.74, 6) is -0.263. The zero-order valence-electron chi connectivity index (χ0n) is 13.7. The Balaban J connectivity index is 3.38. The van der Waals surface area contributed by atoms with Crippen molar-refractivity contribution in [1.29, 1.82) is 0 Å². The fourth-order valence-corrected chi connectivity index (χ4v) is 1.69. The highest BCUT2D eigenvalue weighted by molar-refractivity contribution is 5.73. The van der Waals surface area contributed by atoms with Gasteiger partial charge in [0.25, 0.3) is 0 Å². The van der Waals surface area contributed by atoms with Crippen LogP contribution in [0.3, 0.4) is 0 Å². The quantitative estimate of drug-likeness (QED) is 0.386. The van der Waals surface area contributed by atoms with E-state index >= 15 is 0 Å². The van der Waals surface area contributed by atoms with E-state index in [-0.39, 0.29) is 13.2 Å². The van der Waals surface area contributed by atoms with Gasteiger partial charge < -0.3 is 14.2 Å². The minimum atomic E-state index is -0.436. The smallest absolute Gasteiger partial charge is 0.332 e. The first kappa shape index (κ1) is 19.9. The highest BCUT2D eigenvalue weighted by Crippen LogP contribution is 2.03. The summed E-state index contributed by atoms with van der Waals surface area (Å²) < 4.78 is 14.9. The normalized spacial score (nSPS) is 10.7. The second kappa shape index (κ2) is 13.9. The maximum Gasteiger partial charge on any atom is 0.332 e. The lowest BCUT2D eigenvalue weighted by atomic mass is 10.1. The van der Waals surface area contributed by atoms with Crippen molar-refractivity contribution in [3.63, 3.8) is 0 Å². The molecule has 0 aromatic carbocycles. The molecule has 0 bridgehead atoms. The van der Waals surface area contributed by atoms with Gasteiger partial charge in [-0.25, -0.2) is 9.59 Å². The van der Waals surface area contributed by atoms with Gasteiger partial charge in [0.05, 0.1) is 13.2 Å². The van der Waals surface area contributed by atoms with Gasteiger partial charge in [-0.2, -0.15) is 0 Å². The van der Waals surface area contributed by atoms with Crippen LogP contribution in [0, 0.1) is 5.92 Å². The van der Waals surface area contributed by atoms with Gasteiger partial charge in [-0.3, -0.25) is 0 Å². The molecule has 124 valence electrons. The van der Waals surface area contributed by atoms with Gasteiger partial charge in [-0.15, -0.1) is 0 Å². The average molecular weight is 302 g/mol. The van der Waals surface area contributed by atoms with Crippen LogP contribution in [0.25, 0.3) is 0 Å². The standard InChI is InChI=1S/C16H30O5/c1-4-5-6-7-10-20-15(17)12-19-13-16(18)21-11-8-9-14(2)3/h14H,4-13H2,1-3H3. The molecule has 0 saturated carbocycles. The number of unbranched alkanes of at least 4 members (excludes halogenated alkanes) is 3. The van der Waals surface area contributed by atoms with Crippen LogP contribution >= 0.6 is 0 Å². The molecule has 5 nitrogen and oxygen atoms in total. The summed E-state index contributed by atoms with van der Waals surface area (Å²) in [5.41, 5.74) is 0. The van der Waals surface area contributed by atoms with E-state index in [4.69, 9.17) is 14.2 Å². The van der Waals surface area contributed by atoms with Gasteiger partial charge in [0, 0.05) is 0 Å². The SMILES string of the molecule is CCCCCCOC(=O)COCC(=O)OCCCC(C)C. The largest absolute Gasteiger partial charge is 0.464 e. The number of ether oxygens (including phenoxy) is 3. The minimum Gasteiger partial charge on any atom is -0.464 e. The van der Waals surface area contributed by atoms with Gasteiger partial charge in [0.2, 0.25) is 0 Å². The highest BCUT2D eigenvalue weighted by Gasteiger charge is 2.07. The number of rotatable bonds is 13. The van der Waals surface area contributed by atoms with Gasteiger partial charge in [0.1, 0.15) is 13.2 Å². The van der Waals surface area contributed by atoms with Crippen LogP contribution in [0.1, 0.15) is 59.3 Å². The van der Waals surface area contributed by atoms with Crippen molar-refractivity contribution in [3.8, 4) is 0 Å². The van der Waals surface area contributed by atoms with Crippen LogP contribution in [-0.2, 0) is 23.8 Å². The summed E-state index contributed by atoms with van der Waals surface area (Å²) >= 11 is 0. The monoisotopic (exact) mass is 302 g/mol. The van der Waals surface area contributed by atoms with Crippen molar-refractivity contribution in [1.82, 2.24) is 0 Å². The molecule has 0 aliphatic heterocycles. The van der Waals surface area contributed by atoms with Crippen molar-refractivity contribution in [2.75, 3.05) is 26.4 Å². The van der Waals surface area contributed by atoms with E-state index in [1.807, 2.05) is 0 Å². The highest BCUT2D eigenvalue weighted by atomic mass is 16.6. The molecule has 0 atom stereocenters. The summed E-state index contributed by atoms with van der Waals surface area (Å²) in [6, 6.07) is 0. The third kappa shape index (κ3) is 15.1. The van der Waals surface area contributed by atoms with Crippen LogP contribution in [0.15, 0.2) is 0 Å². The third-order valence-corrected chi connectivity index (χ3v) is 2.89. The topological polar surface area (TPSA) is 61.8 Å². The number of hydrogen-bond donors (Lipinski definition) is 0. The third-order valence-electron chi connectivity index (χ3n) is 2.89. The molecule has 0 radical (unpaired) electrons. The molecule has 0 aliphatic rings. The molecule has 0 saturated heterocycles. The Kier molecular flexibility index (Phi) is 13.1. The molecule has 0 unspecified atom stereocenters. The molecule has 0 fully saturated rings. The molecule has 0 aliphatic carbocycles. The molecular weight excluding hydrogens is 272 g/mol. The Bertz CT molecular complexity index is 276. The average Bonchev–Trinajstić information content (AvgIpc) is 2.43. The van der Waals surface area contributed by atoms with Crippen molar-refractivity contribution in [2.45, 2.75) is 59.3 Å². The second-order valence-electron chi connectivity index (χ2n) is 5.53. The molecule has 0 aromatic rings. The van der Waals surface area contributed by atoms with Crippen LogP contribution in [0.5, 0.6) is 0 Å². The maximum atomic E-state index is 11.3. The lowest BCUT2D eigenvalue weighted by Gasteiger charge is -2.07. The van der Waals surface area contributed by atoms with Crippen molar-refractivity contribution in [2.24, 2.45) is 5.92 Å². The summed E-state index contributed by atoms with van der Waals surface area (Å²) in [5, 5.41) is 0. The van der Waals surface area contributed by atoms with Crippen LogP contribution in [-0.4, -0.2) is 38.4 Å². The van der Waals surface area contributed by atoms with Crippen LogP contribution in [0.2, 0.25) is 0 Å². The molecule has 0 heterocycles. The Hall–Kier alpha value is -1.10. The summed E-state index contributed by atoms with van der Waals surface area (Å²) in [6.07, 6.45) is 6.11. The molecule has 0 amide bonds. The first-order valence-corrected chi connectivity index (χ1v) is 7.95. The first-order valence-electron chi connectivity index (χ1n) is 7.95. The van der Waals surface area contributed by atoms with E-state index in [1.165, 1.54) is 0 Å². The molecule has 0 aromatic heterocycles. The lowest BCUT2D eigenvalue weighted by Crippen LogP contribution is -2.19. The Morgan fingerprint density at radius 3 is 1.95 bits per heavy atom. The van der Waals surface area contributed by atoms with Gasteiger partial charge in [-0.1, -0.05) is 40.0 Å². The van der Waals surface area contributed by atoms with Gasteiger partial charge in [-0.05, 0) is 25.2 Å². The second-order valence-corrected chi connectivity index (χ2v) is 5.53. The molecule has 0 spiro atoms. The fraction of sp³-hybridized carbons (Fsp3) is 0.875. The van der Waals surface area contributed by atoms with E-state index in [0.717, 1.165) is 38.5 Å². The molecule has 21 heavy (non-hydrogen) atoms. The zero-order chi connectivity index (χ0) is 15.9. The maximum absolute atomic E-state index is 11.3. The van der Waals surface area contributed by atoms with Gasteiger partial charge >= 0.3 is 11.9 Å². The molecule has 0 rings (SSSR count). The van der Waals surface area contributed by atoms with Crippen LogP contribution < -0.4 is 0 Å². The van der Waals surface area contributed by atoms with E-state index in [0.29, 0.717) is 19.1 Å². The van der Waals surface area contributed by atoms with Crippen molar-refractivity contribution >= 4 is 11.9 Å². The number of carbonyl (C=O) groups excluding carboxylic acids is 2. The summed E-state index contributed by atoms with van der Waals surface area (Å²) in [6.45, 7) is 6.80. The number of carbonyl (C=O) groups is 2. The summed E-state index contributed by atoms with van der Waals surface area (Å²) in [7, 11) is 0. The van der Waals surface area contributed by atoms with E-state index in [2.05, 4.69) is 20.8 Å². The molecule has 5 heteroatoms. The van der Waals surface area contributed by atoms with E-state index < -0.39 is 11.9 Å². The Morgan fingerprint density at radius 2 is 1.43 bits per heavy atom. The Labute approximate surface area is 128 Å². The lowest BCUT2D eigenvalue weighted by molar-refractivity contribution is -0.155. The number of esters is 2. The van der Waals surface area contributed by atoms with E-state index in [9.17, 15) is 9.59 Å². The van der Waals surface area contributed by atoms with E-state index in [1.54, 1.807) is 0 Å². The predicted molar refractivity (Wildman–Crippen MR) is 81.0 cm³/mol. The first-order chi connectivity index (χ1) is 10.1. The zero-order valence-corrected chi connectivity index (χ0v) is 13.7. The van der Waals surface area contributed by atoms with Crippen molar-refractivity contribution < 1.29 is 23.8 Å². The van der Waals surface area contributed by atoms with Gasteiger partial charge in [0.15, 0.2) is 0 Å². The number of hydrogen-bond acceptors (Lipinski definition) is 5. The van der Waals surface area contributed by atoms with Crippen LogP contribution in [0.4, 0.5) is 0 Å². The molecular formula is C16H30O5. The minimum absolute atomic E-state index is 0.200. The fourth-order valence-electron chi connectivity index (χ4n) is 1.69. The summed E-state index contributed by atoms with van der Waals surface area (Å²) in [4.78, 5) is 22.6.